The highest BCUT2D eigenvalue weighted by Crippen LogP contribution is 2.27. The number of hydrogen-bond acceptors (Lipinski definition) is 4. The zero-order chi connectivity index (χ0) is 17.0. The zero-order valence-electron chi connectivity index (χ0n) is 15.0. The van der Waals surface area contributed by atoms with E-state index >= 15 is 0 Å². The zero-order valence-corrected chi connectivity index (χ0v) is 15.0. The van der Waals surface area contributed by atoms with Crippen LogP contribution in [0.15, 0.2) is 30.3 Å². The highest BCUT2D eigenvalue weighted by atomic mass is 16.9. The Morgan fingerprint density at radius 2 is 1.39 bits per heavy atom. The molecule has 0 bridgehead atoms. The lowest BCUT2D eigenvalue weighted by Crippen LogP contribution is -2.50. The monoisotopic (exact) mass is 324 g/mol. The van der Waals surface area contributed by atoms with Gasteiger partial charge in [-0.3, -0.25) is 0 Å². The molecule has 4 nitrogen and oxygen atoms in total. The Hall–Kier alpha value is -1.10. The number of unbranched alkanes of at least 4 members (excludes halogenated alkanes) is 5. The molecule has 1 unspecified atom stereocenters. The summed E-state index contributed by atoms with van der Waals surface area (Å²) >= 11 is 0. The second-order valence-corrected chi connectivity index (χ2v) is 5.69. The van der Waals surface area contributed by atoms with E-state index in [9.17, 15) is 0 Å². The second-order valence-electron chi connectivity index (χ2n) is 5.69. The number of ether oxygens (including phenoxy) is 4. The first-order valence-electron chi connectivity index (χ1n) is 8.59. The van der Waals surface area contributed by atoms with Crippen LogP contribution >= 0.6 is 0 Å². The highest BCUT2D eigenvalue weighted by molar-refractivity contribution is 5.21. The van der Waals surface area contributed by atoms with E-state index in [1.807, 2.05) is 30.3 Å². The maximum absolute atomic E-state index is 6.11. The van der Waals surface area contributed by atoms with Crippen LogP contribution in [0, 0.1) is 0 Å². The predicted octanol–water partition coefficient (Wildman–Crippen LogP) is 4.78. The van der Waals surface area contributed by atoms with E-state index < -0.39 is 5.97 Å². The van der Waals surface area contributed by atoms with E-state index in [2.05, 4.69) is 6.92 Å². The van der Waals surface area contributed by atoms with Gasteiger partial charge < -0.3 is 18.9 Å². The van der Waals surface area contributed by atoms with Gasteiger partial charge in [0, 0.05) is 21.3 Å². The third kappa shape index (κ3) is 6.50. The van der Waals surface area contributed by atoms with E-state index in [0.29, 0.717) is 0 Å². The Kier molecular flexibility index (Phi) is 9.92. The summed E-state index contributed by atoms with van der Waals surface area (Å²) in [6.45, 7) is 2.23. The molecular formula is C19H32O4. The molecule has 0 aliphatic carbocycles. The first-order valence-corrected chi connectivity index (χ1v) is 8.59. The summed E-state index contributed by atoms with van der Waals surface area (Å²) in [5.41, 5.74) is 0. The topological polar surface area (TPSA) is 36.9 Å². The van der Waals surface area contributed by atoms with Crippen LogP contribution < -0.4 is 4.74 Å². The van der Waals surface area contributed by atoms with Crippen LogP contribution in [0.5, 0.6) is 5.75 Å². The van der Waals surface area contributed by atoms with Gasteiger partial charge in [0.1, 0.15) is 5.75 Å². The Labute approximate surface area is 141 Å². The molecule has 0 N–H and O–H groups in total. The number of benzene rings is 1. The van der Waals surface area contributed by atoms with Gasteiger partial charge in [0.15, 0.2) is 6.10 Å². The SMILES string of the molecule is CCCCCCCCC(Oc1ccccc1)C(OC)(OC)OC. The molecule has 0 amide bonds. The van der Waals surface area contributed by atoms with Crippen LogP contribution in [0.3, 0.4) is 0 Å². The first kappa shape index (κ1) is 19.9. The van der Waals surface area contributed by atoms with Gasteiger partial charge in [-0.05, 0) is 25.0 Å². The fraction of sp³-hybridized carbons (Fsp3) is 0.684. The molecule has 0 saturated heterocycles. The van der Waals surface area contributed by atoms with Crippen molar-refractivity contribution in [2.24, 2.45) is 0 Å². The van der Waals surface area contributed by atoms with Crippen molar-refractivity contribution in [3.8, 4) is 5.75 Å². The van der Waals surface area contributed by atoms with E-state index in [0.717, 1.165) is 18.6 Å². The van der Waals surface area contributed by atoms with Crippen molar-refractivity contribution in [3.63, 3.8) is 0 Å². The molecule has 0 aliphatic heterocycles. The lowest BCUT2D eigenvalue weighted by atomic mass is 10.1. The van der Waals surface area contributed by atoms with Crippen molar-refractivity contribution >= 4 is 0 Å². The van der Waals surface area contributed by atoms with E-state index in [4.69, 9.17) is 18.9 Å². The van der Waals surface area contributed by atoms with Crippen molar-refractivity contribution in [2.45, 2.75) is 63.9 Å². The largest absolute Gasteiger partial charge is 0.482 e. The van der Waals surface area contributed by atoms with Crippen LogP contribution in [0.2, 0.25) is 0 Å². The molecule has 0 aliphatic rings. The standard InChI is InChI=1S/C19H32O4/c1-5-6-7-8-9-13-16-18(19(20-2,21-3)22-4)23-17-14-11-10-12-15-17/h10-12,14-15,18H,5-9,13,16H2,1-4H3. The van der Waals surface area contributed by atoms with E-state index in [1.165, 1.54) is 32.1 Å². The molecular weight excluding hydrogens is 292 g/mol. The van der Waals surface area contributed by atoms with Crippen molar-refractivity contribution in [2.75, 3.05) is 21.3 Å². The molecule has 1 aromatic carbocycles. The molecule has 0 fully saturated rings. The van der Waals surface area contributed by atoms with Crippen molar-refractivity contribution in [3.05, 3.63) is 30.3 Å². The second kappa shape index (κ2) is 11.4. The summed E-state index contributed by atoms with van der Waals surface area (Å²) in [5, 5.41) is 0. The lowest BCUT2D eigenvalue weighted by molar-refractivity contribution is -0.384. The van der Waals surface area contributed by atoms with Crippen LogP contribution in [-0.4, -0.2) is 33.4 Å². The Morgan fingerprint density at radius 1 is 0.826 bits per heavy atom. The van der Waals surface area contributed by atoms with Crippen LogP contribution in [-0.2, 0) is 14.2 Å². The lowest BCUT2D eigenvalue weighted by Gasteiger charge is -2.36. The molecule has 0 spiro atoms. The van der Waals surface area contributed by atoms with E-state index in [1.54, 1.807) is 21.3 Å². The van der Waals surface area contributed by atoms with Gasteiger partial charge in [0.25, 0.3) is 0 Å². The Balaban J connectivity index is 2.64. The summed E-state index contributed by atoms with van der Waals surface area (Å²) in [5.74, 6) is -0.391. The third-order valence-corrected chi connectivity index (χ3v) is 4.09. The van der Waals surface area contributed by atoms with Gasteiger partial charge in [-0.1, -0.05) is 57.2 Å². The van der Waals surface area contributed by atoms with Crippen LogP contribution in [0.25, 0.3) is 0 Å². The third-order valence-electron chi connectivity index (χ3n) is 4.09. The molecule has 0 saturated carbocycles. The summed E-state index contributed by atoms with van der Waals surface area (Å²) in [7, 11) is 4.74. The molecule has 1 aromatic rings. The van der Waals surface area contributed by atoms with Gasteiger partial charge in [0.2, 0.25) is 0 Å². The molecule has 132 valence electrons. The quantitative estimate of drug-likeness (QED) is 0.386. The van der Waals surface area contributed by atoms with Crippen molar-refractivity contribution in [1.29, 1.82) is 0 Å². The molecule has 4 heteroatoms. The van der Waals surface area contributed by atoms with Gasteiger partial charge in [0.05, 0.1) is 0 Å². The minimum atomic E-state index is -1.18. The van der Waals surface area contributed by atoms with Crippen molar-refractivity contribution in [1.82, 2.24) is 0 Å². The van der Waals surface area contributed by atoms with Gasteiger partial charge in [-0.15, -0.1) is 0 Å². The summed E-state index contributed by atoms with van der Waals surface area (Å²) < 4.78 is 22.6. The van der Waals surface area contributed by atoms with Crippen molar-refractivity contribution < 1.29 is 18.9 Å². The summed E-state index contributed by atoms with van der Waals surface area (Å²) in [6, 6.07) is 9.72. The summed E-state index contributed by atoms with van der Waals surface area (Å²) in [4.78, 5) is 0. The van der Waals surface area contributed by atoms with Gasteiger partial charge in [-0.25, -0.2) is 0 Å². The molecule has 23 heavy (non-hydrogen) atoms. The maximum Gasteiger partial charge on any atom is 0.321 e. The smallest absolute Gasteiger partial charge is 0.321 e. The van der Waals surface area contributed by atoms with Gasteiger partial charge in [-0.2, -0.15) is 0 Å². The number of hydrogen-bond donors (Lipinski definition) is 0. The molecule has 1 atom stereocenters. The number of rotatable bonds is 13. The van der Waals surface area contributed by atoms with E-state index in [-0.39, 0.29) is 6.10 Å². The maximum atomic E-state index is 6.11. The fourth-order valence-corrected chi connectivity index (χ4v) is 2.73. The highest BCUT2D eigenvalue weighted by Gasteiger charge is 2.42. The van der Waals surface area contributed by atoms with Gasteiger partial charge >= 0.3 is 5.97 Å². The Morgan fingerprint density at radius 3 is 1.96 bits per heavy atom. The number of para-hydroxylation sites is 1. The average Bonchev–Trinajstić information content (AvgIpc) is 2.60. The first-order chi connectivity index (χ1) is 11.2. The van der Waals surface area contributed by atoms with Crippen LogP contribution in [0.4, 0.5) is 0 Å². The molecule has 0 heterocycles. The van der Waals surface area contributed by atoms with Crippen LogP contribution in [0.1, 0.15) is 51.9 Å². The summed E-state index contributed by atoms with van der Waals surface area (Å²) in [6.07, 6.45) is 7.85. The minimum absolute atomic E-state index is 0.323. The predicted molar refractivity (Wildman–Crippen MR) is 92.6 cm³/mol. The molecule has 0 radical (unpaired) electrons. The average molecular weight is 324 g/mol. The number of methoxy groups -OCH3 is 3. The fourth-order valence-electron chi connectivity index (χ4n) is 2.73. The molecule has 1 rings (SSSR count). The molecule has 0 aromatic heterocycles. The normalized spacial score (nSPS) is 13.0. The Bertz CT molecular complexity index is 381. The minimum Gasteiger partial charge on any atom is -0.482 e.